The first kappa shape index (κ1) is 16.1. The minimum Gasteiger partial charge on any atom is -0.352 e. The third kappa shape index (κ3) is 2.90. The number of amides is 3. The minimum absolute atomic E-state index is 0.0238. The van der Waals surface area contributed by atoms with Crippen molar-refractivity contribution in [1.82, 2.24) is 10.2 Å². The molecular weight excluding hydrogens is 318 g/mol. The van der Waals surface area contributed by atoms with Crippen LogP contribution in [-0.4, -0.2) is 47.8 Å². The zero-order chi connectivity index (χ0) is 17.4. The summed E-state index contributed by atoms with van der Waals surface area (Å²) in [4.78, 5) is 41.6. The van der Waals surface area contributed by atoms with Crippen molar-refractivity contribution in [3.8, 4) is 0 Å². The normalized spacial score (nSPS) is 23.4. The molecule has 1 aromatic rings. The quantitative estimate of drug-likeness (QED) is 0.910. The van der Waals surface area contributed by atoms with Gasteiger partial charge in [0, 0.05) is 12.6 Å². The predicted molar refractivity (Wildman–Crippen MR) is 93.3 cm³/mol. The first-order chi connectivity index (χ1) is 12.1. The Labute approximate surface area is 147 Å². The van der Waals surface area contributed by atoms with Crippen molar-refractivity contribution in [3.05, 3.63) is 29.8 Å². The van der Waals surface area contributed by atoms with Gasteiger partial charge in [0.2, 0.25) is 11.8 Å². The molecule has 132 valence electrons. The van der Waals surface area contributed by atoms with Gasteiger partial charge in [0.1, 0.15) is 12.6 Å². The Bertz CT molecular complexity index is 712. The Balaban J connectivity index is 1.62. The number of carbonyl (C=O) groups is 3. The molecule has 1 aliphatic carbocycles. The van der Waals surface area contributed by atoms with Crippen LogP contribution >= 0.6 is 0 Å². The van der Waals surface area contributed by atoms with Crippen LogP contribution < -0.4 is 10.2 Å². The van der Waals surface area contributed by atoms with Crippen LogP contribution in [0.25, 0.3) is 0 Å². The largest absolute Gasteiger partial charge is 0.352 e. The number of para-hydroxylation sites is 1. The molecule has 1 atom stereocenters. The van der Waals surface area contributed by atoms with Gasteiger partial charge >= 0.3 is 0 Å². The van der Waals surface area contributed by atoms with E-state index in [1.54, 1.807) is 29.2 Å². The second-order valence-corrected chi connectivity index (χ2v) is 7.15. The number of anilines is 1. The molecule has 25 heavy (non-hydrogen) atoms. The molecule has 1 saturated heterocycles. The summed E-state index contributed by atoms with van der Waals surface area (Å²) >= 11 is 0. The molecule has 0 unspecified atom stereocenters. The summed E-state index contributed by atoms with van der Waals surface area (Å²) in [6.07, 6.45) is 5.78. The SMILES string of the molecule is O=C(CN1C(=O)[C@@H]2CCCN2C(=O)c2ccccc21)NC1CCCC1. The van der Waals surface area contributed by atoms with Gasteiger partial charge in [-0.25, -0.2) is 0 Å². The van der Waals surface area contributed by atoms with Crippen molar-refractivity contribution in [3.63, 3.8) is 0 Å². The van der Waals surface area contributed by atoms with Crippen LogP contribution in [0.5, 0.6) is 0 Å². The second-order valence-electron chi connectivity index (χ2n) is 7.15. The zero-order valence-electron chi connectivity index (χ0n) is 14.2. The molecule has 0 radical (unpaired) electrons. The van der Waals surface area contributed by atoms with Gasteiger partial charge in [-0.3, -0.25) is 14.4 Å². The van der Waals surface area contributed by atoms with Gasteiger partial charge in [0.05, 0.1) is 11.3 Å². The lowest BCUT2D eigenvalue weighted by Crippen LogP contribution is -2.49. The smallest absolute Gasteiger partial charge is 0.256 e. The van der Waals surface area contributed by atoms with E-state index in [9.17, 15) is 14.4 Å². The molecule has 6 nitrogen and oxygen atoms in total. The number of fused-ring (bicyclic) bond motifs is 2. The number of benzene rings is 1. The summed E-state index contributed by atoms with van der Waals surface area (Å²) in [7, 11) is 0. The Morgan fingerprint density at radius 1 is 1.08 bits per heavy atom. The van der Waals surface area contributed by atoms with E-state index in [-0.39, 0.29) is 30.3 Å². The van der Waals surface area contributed by atoms with Crippen LogP contribution in [0.2, 0.25) is 0 Å². The van der Waals surface area contributed by atoms with E-state index in [0.29, 0.717) is 24.2 Å². The molecule has 3 amide bonds. The molecule has 0 bridgehead atoms. The molecule has 1 saturated carbocycles. The summed E-state index contributed by atoms with van der Waals surface area (Å²) in [5.74, 6) is -0.392. The van der Waals surface area contributed by atoms with Crippen LogP contribution in [0.1, 0.15) is 48.9 Å². The highest BCUT2D eigenvalue weighted by molar-refractivity contribution is 6.12. The van der Waals surface area contributed by atoms with Crippen LogP contribution in [0.15, 0.2) is 24.3 Å². The van der Waals surface area contributed by atoms with Crippen molar-refractivity contribution in [2.24, 2.45) is 0 Å². The molecule has 0 spiro atoms. The maximum Gasteiger partial charge on any atom is 0.256 e. The fourth-order valence-electron chi connectivity index (χ4n) is 4.26. The van der Waals surface area contributed by atoms with Crippen molar-refractivity contribution in [2.45, 2.75) is 50.6 Å². The van der Waals surface area contributed by atoms with E-state index in [4.69, 9.17) is 0 Å². The van der Waals surface area contributed by atoms with E-state index in [0.717, 1.165) is 32.1 Å². The Kier molecular flexibility index (Phi) is 4.19. The maximum absolute atomic E-state index is 13.1. The number of nitrogens with one attached hydrogen (secondary N) is 1. The Morgan fingerprint density at radius 2 is 1.84 bits per heavy atom. The van der Waals surface area contributed by atoms with E-state index in [1.807, 2.05) is 0 Å². The van der Waals surface area contributed by atoms with Gasteiger partial charge < -0.3 is 15.1 Å². The first-order valence-corrected chi connectivity index (χ1v) is 9.16. The summed E-state index contributed by atoms with van der Waals surface area (Å²) in [6.45, 7) is 0.579. The third-order valence-corrected chi connectivity index (χ3v) is 5.51. The van der Waals surface area contributed by atoms with Crippen molar-refractivity contribution in [2.75, 3.05) is 18.0 Å². The molecule has 1 aromatic carbocycles. The topological polar surface area (TPSA) is 69.7 Å². The molecule has 4 rings (SSSR count). The van der Waals surface area contributed by atoms with Gasteiger partial charge in [0.25, 0.3) is 5.91 Å². The van der Waals surface area contributed by atoms with Gasteiger partial charge in [-0.05, 0) is 37.8 Å². The highest BCUT2D eigenvalue weighted by atomic mass is 16.2. The summed E-state index contributed by atoms with van der Waals surface area (Å²) in [5.41, 5.74) is 1.06. The van der Waals surface area contributed by atoms with Crippen LogP contribution in [0.4, 0.5) is 5.69 Å². The van der Waals surface area contributed by atoms with Crippen LogP contribution in [-0.2, 0) is 9.59 Å². The van der Waals surface area contributed by atoms with Gasteiger partial charge in [0.15, 0.2) is 0 Å². The van der Waals surface area contributed by atoms with Gasteiger partial charge in [-0.15, -0.1) is 0 Å². The van der Waals surface area contributed by atoms with E-state index in [1.165, 1.54) is 4.90 Å². The van der Waals surface area contributed by atoms with Gasteiger partial charge in [-0.2, -0.15) is 0 Å². The highest BCUT2D eigenvalue weighted by Crippen LogP contribution is 2.32. The fraction of sp³-hybridized carbons (Fsp3) is 0.526. The lowest BCUT2D eigenvalue weighted by atomic mass is 10.1. The number of carbonyl (C=O) groups excluding carboxylic acids is 3. The molecule has 6 heteroatoms. The van der Waals surface area contributed by atoms with Crippen molar-refractivity contribution >= 4 is 23.4 Å². The average molecular weight is 341 g/mol. The van der Waals surface area contributed by atoms with Crippen LogP contribution in [0, 0.1) is 0 Å². The number of hydrogen-bond acceptors (Lipinski definition) is 3. The van der Waals surface area contributed by atoms with E-state index >= 15 is 0 Å². The Hall–Kier alpha value is -2.37. The lowest BCUT2D eigenvalue weighted by Gasteiger charge is -2.26. The molecule has 2 fully saturated rings. The number of nitrogens with zero attached hydrogens (tertiary/aromatic N) is 2. The summed E-state index contributed by atoms with van der Waals surface area (Å²) in [5, 5.41) is 3.04. The number of hydrogen-bond donors (Lipinski definition) is 1. The van der Waals surface area contributed by atoms with Crippen molar-refractivity contribution < 1.29 is 14.4 Å². The molecule has 2 heterocycles. The van der Waals surface area contributed by atoms with Crippen LogP contribution in [0.3, 0.4) is 0 Å². The summed E-state index contributed by atoms with van der Waals surface area (Å²) in [6, 6.07) is 6.88. The monoisotopic (exact) mass is 341 g/mol. The second kappa shape index (κ2) is 6.50. The number of rotatable bonds is 3. The van der Waals surface area contributed by atoms with Gasteiger partial charge in [-0.1, -0.05) is 25.0 Å². The standard InChI is InChI=1S/C19H23N3O3/c23-17(20-13-6-1-2-7-13)12-22-15-9-4-3-8-14(15)18(24)21-11-5-10-16(21)19(22)25/h3-4,8-9,13,16H,1-2,5-7,10-12H2,(H,20,23)/t16-/m0/s1. The Morgan fingerprint density at radius 3 is 2.64 bits per heavy atom. The first-order valence-electron chi connectivity index (χ1n) is 9.16. The summed E-state index contributed by atoms with van der Waals surface area (Å²) < 4.78 is 0. The lowest BCUT2D eigenvalue weighted by molar-refractivity contribution is -0.126. The maximum atomic E-state index is 13.1. The van der Waals surface area contributed by atoms with Crippen molar-refractivity contribution in [1.29, 1.82) is 0 Å². The molecule has 0 aromatic heterocycles. The van der Waals surface area contributed by atoms with E-state index in [2.05, 4.69) is 5.32 Å². The van der Waals surface area contributed by atoms with E-state index < -0.39 is 6.04 Å². The fourth-order valence-corrected chi connectivity index (χ4v) is 4.26. The molecule has 3 aliphatic rings. The molecule has 1 N–H and O–H groups in total. The minimum atomic E-state index is -0.445. The third-order valence-electron chi connectivity index (χ3n) is 5.51. The average Bonchev–Trinajstić information content (AvgIpc) is 3.28. The highest BCUT2D eigenvalue weighted by Gasteiger charge is 2.42. The predicted octanol–water partition coefficient (Wildman–Crippen LogP) is 1.70. The molecule has 2 aliphatic heterocycles. The molecular formula is C19H23N3O3. The zero-order valence-corrected chi connectivity index (χ0v) is 14.2.